The van der Waals surface area contributed by atoms with Crippen LogP contribution in [0.3, 0.4) is 0 Å². The molecule has 1 unspecified atom stereocenters. The van der Waals surface area contributed by atoms with Gasteiger partial charge in [0.15, 0.2) is 11.6 Å². The Bertz CT molecular complexity index is 557. The second-order valence-corrected chi connectivity index (χ2v) is 4.42. The van der Waals surface area contributed by atoms with Crippen molar-refractivity contribution in [1.82, 2.24) is 0 Å². The van der Waals surface area contributed by atoms with Gasteiger partial charge < -0.3 is 5.32 Å². The Balaban J connectivity index is 2.19. The van der Waals surface area contributed by atoms with E-state index in [1.807, 2.05) is 25.1 Å². The molecule has 94 valence electrons. The van der Waals surface area contributed by atoms with Gasteiger partial charge in [-0.15, -0.1) is 0 Å². The third-order valence-corrected chi connectivity index (χ3v) is 3.02. The molecule has 1 nitrogen and oxygen atoms in total. The normalized spacial score (nSPS) is 12.2. The molecule has 1 atom stereocenters. The fourth-order valence-corrected chi connectivity index (χ4v) is 2.04. The number of hydrogen-bond acceptors (Lipinski definition) is 1. The summed E-state index contributed by atoms with van der Waals surface area (Å²) in [6.45, 7) is 1.91. The van der Waals surface area contributed by atoms with Gasteiger partial charge in [0.05, 0.1) is 0 Å². The largest absolute Gasteiger partial charge is 0.378 e. The highest BCUT2D eigenvalue weighted by atomic mass is 35.5. The quantitative estimate of drug-likeness (QED) is 0.843. The van der Waals surface area contributed by atoms with Crippen LogP contribution in [-0.4, -0.2) is 0 Å². The number of anilines is 1. The SMILES string of the molecule is CC(Nc1ccc(F)c(F)c1)c1ccccc1Cl. The minimum absolute atomic E-state index is 0.0939. The number of rotatable bonds is 3. The maximum Gasteiger partial charge on any atom is 0.160 e. The minimum Gasteiger partial charge on any atom is -0.378 e. The van der Waals surface area contributed by atoms with Crippen LogP contribution in [0.2, 0.25) is 5.02 Å². The Morgan fingerprint density at radius 1 is 1.06 bits per heavy atom. The van der Waals surface area contributed by atoms with Crippen LogP contribution in [0.4, 0.5) is 14.5 Å². The molecule has 4 heteroatoms. The van der Waals surface area contributed by atoms with Crippen molar-refractivity contribution in [1.29, 1.82) is 0 Å². The van der Waals surface area contributed by atoms with Crippen molar-refractivity contribution in [3.63, 3.8) is 0 Å². The Hall–Kier alpha value is -1.61. The average molecular weight is 268 g/mol. The first kappa shape index (κ1) is 12.8. The standard InChI is InChI=1S/C14H12ClF2N/c1-9(11-4-2-3-5-12(11)15)18-10-6-7-13(16)14(17)8-10/h2-9,18H,1H3. The van der Waals surface area contributed by atoms with Gasteiger partial charge in [-0.05, 0) is 30.7 Å². The lowest BCUT2D eigenvalue weighted by Gasteiger charge is -2.17. The highest BCUT2D eigenvalue weighted by molar-refractivity contribution is 6.31. The monoisotopic (exact) mass is 267 g/mol. The first-order valence-electron chi connectivity index (χ1n) is 5.54. The lowest BCUT2D eigenvalue weighted by molar-refractivity contribution is 0.509. The zero-order valence-corrected chi connectivity index (χ0v) is 10.5. The maximum atomic E-state index is 13.1. The topological polar surface area (TPSA) is 12.0 Å². The fraction of sp³-hybridized carbons (Fsp3) is 0.143. The van der Waals surface area contributed by atoms with Crippen LogP contribution in [0.25, 0.3) is 0 Å². The zero-order valence-electron chi connectivity index (χ0n) is 9.75. The summed E-state index contributed by atoms with van der Waals surface area (Å²) < 4.78 is 25.9. The van der Waals surface area contributed by atoms with Crippen molar-refractivity contribution in [3.8, 4) is 0 Å². The summed E-state index contributed by atoms with van der Waals surface area (Å²) in [5.41, 5.74) is 1.42. The van der Waals surface area contributed by atoms with Crippen molar-refractivity contribution >= 4 is 17.3 Å². The Morgan fingerprint density at radius 3 is 2.44 bits per heavy atom. The predicted octanol–water partition coefficient (Wildman–Crippen LogP) is 4.79. The third kappa shape index (κ3) is 2.79. The van der Waals surface area contributed by atoms with Crippen molar-refractivity contribution < 1.29 is 8.78 Å². The number of hydrogen-bond donors (Lipinski definition) is 1. The molecule has 0 aromatic heterocycles. The molecule has 0 aliphatic rings. The summed E-state index contributed by atoms with van der Waals surface area (Å²) in [7, 11) is 0. The summed E-state index contributed by atoms with van der Waals surface area (Å²) >= 11 is 6.07. The van der Waals surface area contributed by atoms with Crippen molar-refractivity contribution in [3.05, 3.63) is 64.7 Å². The van der Waals surface area contributed by atoms with Crippen LogP contribution < -0.4 is 5.32 Å². The Morgan fingerprint density at radius 2 is 1.78 bits per heavy atom. The van der Waals surface area contributed by atoms with Crippen LogP contribution >= 0.6 is 11.6 Å². The number of benzene rings is 2. The van der Waals surface area contributed by atoms with E-state index in [2.05, 4.69) is 5.32 Å². The van der Waals surface area contributed by atoms with E-state index in [4.69, 9.17) is 11.6 Å². The smallest absolute Gasteiger partial charge is 0.160 e. The molecule has 0 saturated heterocycles. The first-order valence-corrected chi connectivity index (χ1v) is 5.91. The van der Waals surface area contributed by atoms with E-state index in [0.717, 1.165) is 17.7 Å². The first-order chi connectivity index (χ1) is 8.58. The molecular weight excluding hydrogens is 256 g/mol. The van der Waals surface area contributed by atoms with Gasteiger partial charge in [0, 0.05) is 22.8 Å². The third-order valence-electron chi connectivity index (χ3n) is 2.67. The lowest BCUT2D eigenvalue weighted by Crippen LogP contribution is -2.07. The van der Waals surface area contributed by atoms with Crippen LogP contribution in [0, 0.1) is 11.6 Å². The van der Waals surface area contributed by atoms with Gasteiger partial charge in [0.25, 0.3) is 0 Å². The van der Waals surface area contributed by atoms with Gasteiger partial charge in [-0.25, -0.2) is 8.78 Å². The summed E-state index contributed by atoms with van der Waals surface area (Å²) in [5, 5.41) is 3.71. The molecule has 0 aliphatic carbocycles. The van der Waals surface area contributed by atoms with Gasteiger partial charge in [-0.2, -0.15) is 0 Å². The molecule has 0 fully saturated rings. The summed E-state index contributed by atoms with van der Waals surface area (Å²) in [4.78, 5) is 0. The van der Waals surface area contributed by atoms with Gasteiger partial charge in [0.2, 0.25) is 0 Å². The lowest BCUT2D eigenvalue weighted by atomic mass is 10.1. The van der Waals surface area contributed by atoms with Gasteiger partial charge in [-0.1, -0.05) is 29.8 Å². The molecule has 2 aromatic carbocycles. The summed E-state index contributed by atoms with van der Waals surface area (Å²) in [6.07, 6.45) is 0. The second-order valence-electron chi connectivity index (χ2n) is 4.02. The molecule has 1 N–H and O–H groups in total. The highest BCUT2D eigenvalue weighted by Gasteiger charge is 2.10. The molecule has 0 radical (unpaired) electrons. The molecule has 18 heavy (non-hydrogen) atoms. The van der Waals surface area contributed by atoms with Gasteiger partial charge in [0.1, 0.15) is 0 Å². The Labute approximate surface area is 109 Å². The summed E-state index contributed by atoms with van der Waals surface area (Å²) in [6, 6.07) is 11.0. The van der Waals surface area contributed by atoms with Gasteiger partial charge in [-0.3, -0.25) is 0 Å². The van der Waals surface area contributed by atoms with Crippen molar-refractivity contribution in [2.45, 2.75) is 13.0 Å². The Kier molecular flexibility index (Phi) is 3.82. The van der Waals surface area contributed by atoms with Crippen LogP contribution in [0.5, 0.6) is 0 Å². The van der Waals surface area contributed by atoms with E-state index in [0.29, 0.717) is 10.7 Å². The molecule has 0 saturated carbocycles. The van der Waals surface area contributed by atoms with E-state index in [1.54, 1.807) is 6.07 Å². The van der Waals surface area contributed by atoms with E-state index in [9.17, 15) is 8.78 Å². The average Bonchev–Trinajstić information content (AvgIpc) is 2.34. The van der Waals surface area contributed by atoms with E-state index < -0.39 is 11.6 Å². The van der Waals surface area contributed by atoms with Crippen molar-refractivity contribution in [2.24, 2.45) is 0 Å². The molecular formula is C14H12ClF2N. The molecule has 2 aromatic rings. The van der Waals surface area contributed by atoms with Crippen LogP contribution in [-0.2, 0) is 0 Å². The zero-order chi connectivity index (χ0) is 13.1. The van der Waals surface area contributed by atoms with Crippen molar-refractivity contribution in [2.75, 3.05) is 5.32 Å². The number of nitrogens with one attached hydrogen (secondary N) is 1. The van der Waals surface area contributed by atoms with E-state index in [-0.39, 0.29) is 6.04 Å². The van der Waals surface area contributed by atoms with Crippen LogP contribution in [0.1, 0.15) is 18.5 Å². The van der Waals surface area contributed by atoms with Crippen LogP contribution in [0.15, 0.2) is 42.5 Å². The molecule has 0 bridgehead atoms. The summed E-state index contributed by atoms with van der Waals surface area (Å²) in [5.74, 6) is -1.72. The fourth-order valence-electron chi connectivity index (χ4n) is 1.74. The number of halogens is 3. The molecule has 0 spiro atoms. The predicted molar refractivity (Wildman–Crippen MR) is 69.8 cm³/mol. The molecule has 0 aliphatic heterocycles. The molecule has 0 amide bonds. The second kappa shape index (κ2) is 5.36. The minimum atomic E-state index is -0.869. The maximum absolute atomic E-state index is 13.1. The highest BCUT2D eigenvalue weighted by Crippen LogP contribution is 2.26. The molecule has 0 heterocycles. The van der Waals surface area contributed by atoms with E-state index >= 15 is 0 Å². The van der Waals surface area contributed by atoms with Gasteiger partial charge >= 0.3 is 0 Å². The van der Waals surface area contributed by atoms with E-state index in [1.165, 1.54) is 6.07 Å². The molecule has 2 rings (SSSR count).